The molecule has 1 aromatic heterocycles. The Bertz CT molecular complexity index is 724. The fourth-order valence-electron chi connectivity index (χ4n) is 3.88. The number of fused-ring (bicyclic) bond motifs is 1. The van der Waals surface area contributed by atoms with Gasteiger partial charge in [0.05, 0.1) is 5.41 Å². The van der Waals surface area contributed by atoms with Gasteiger partial charge in [0.2, 0.25) is 10.0 Å². The molecule has 2 atom stereocenters. The van der Waals surface area contributed by atoms with Crippen molar-refractivity contribution in [3.05, 3.63) is 11.5 Å². The molecular weight excluding hydrogens is 322 g/mol. The highest BCUT2D eigenvalue weighted by molar-refractivity contribution is 7.89. The van der Waals surface area contributed by atoms with Crippen LogP contribution in [-0.4, -0.2) is 67.1 Å². The molecule has 3 rings (SSSR count). The summed E-state index contributed by atoms with van der Waals surface area (Å²) in [5.74, 6) is -0.865. The Hall–Kier alpha value is -1.45. The third-order valence-electron chi connectivity index (χ3n) is 5.07. The van der Waals surface area contributed by atoms with Crippen LogP contribution in [0.2, 0.25) is 0 Å². The molecular formula is C14H21N3O5S. The first-order valence-electron chi connectivity index (χ1n) is 7.53. The van der Waals surface area contributed by atoms with Gasteiger partial charge in [-0.15, -0.1) is 0 Å². The number of carbonyl (C=O) groups is 1. The van der Waals surface area contributed by atoms with Crippen molar-refractivity contribution in [2.45, 2.75) is 25.2 Å². The lowest BCUT2D eigenvalue weighted by atomic mass is 9.73. The van der Waals surface area contributed by atoms with E-state index >= 15 is 0 Å². The number of carboxylic acids is 1. The summed E-state index contributed by atoms with van der Waals surface area (Å²) in [6.07, 6.45) is 0.677. The number of carboxylic acid groups (broad SMARTS) is 1. The number of aryl methyl sites for hydroxylation is 2. The Morgan fingerprint density at radius 2 is 2.09 bits per heavy atom. The van der Waals surface area contributed by atoms with Gasteiger partial charge < -0.3 is 14.5 Å². The van der Waals surface area contributed by atoms with Crippen molar-refractivity contribution in [2.24, 2.45) is 11.3 Å². The molecule has 0 aliphatic carbocycles. The lowest BCUT2D eigenvalue weighted by Crippen LogP contribution is -2.52. The molecule has 1 unspecified atom stereocenters. The molecule has 0 spiro atoms. The molecule has 23 heavy (non-hydrogen) atoms. The summed E-state index contributed by atoms with van der Waals surface area (Å²) in [5.41, 5.74) is -0.738. The summed E-state index contributed by atoms with van der Waals surface area (Å²) in [5, 5.41) is 13.5. The molecule has 8 nitrogen and oxygen atoms in total. The van der Waals surface area contributed by atoms with E-state index in [2.05, 4.69) is 5.16 Å². The highest BCUT2D eigenvalue weighted by atomic mass is 32.2. The van der Waals surface area contributed by atoms with Crippen LogP contribution in [0.25, 0.3) is 0 Å². The number of hydrogen-bond acceptors (Lipinski definition) is 6. The third-order valence-corrected chi connectivity index (χ3v) is 7.12. The van der Waals surface area contributed by atoms with Crippen LogP contribution in [0.4, 0.5) is 0 Å². The molecule has 3 heterocycles. The Labute approximate surface area is 135 Å². The first-order valence-corrected chi connectivity index (χ1v) is 8.97. The van der Waals surface area contributed by atoms with E-state index in [1.807, 2.05) is 11.9 Å². The van der Waals surface area contributed by atoms with Crippen molar-refractivity contribution in [3.8, 4) is 0 Å². The number of hydrogen-bond donors (Lipinski definition) is 1. The van der Waals surface area contributed by atoms with Crippen molar-refractivity contribution in [1.29, 1.82) is 0 Å². The first kappa shape index (κ1) is 16.4. The van der Waals surface area contributed by atoms with Gasteiger partial charge in [-0.25, -0.2) is 8.42 Å². The molecule has 2 aliphatic heterocycles. The third kappa shape index (κ3) is 2.38. The van der Waals surface area contributed by atoms with Crippen LogP contribution in [0.3, 0.4) is 0 Å². The van der Waals surface area contributed by atoms with Crippen LogP contribution in [-0.2, 0) is 14.8 Å². The molecule has 0 radical (unpaired) electrons. The molecule has 0 bridgehead atoms. The molecule has 1 aromatic rings. The van der Waals surface area contributed by atoms with Crippen molar-refractivity contribution in [3.63, 3.8) is 0 Å². The lowest BCUT2D eigenvalue weighted by molar-refractivity contribution is -0.153. The molecule has 2 fully saturated rings. The number of nitrogens with zero attached hydrogens (tertiary/aromatic N) is 3. The van der Waals surface area contributed by atoms with E-state index in [0.717, 1.165) is 6.54 Å². The van der Waals surface area contributed by atoms with E-state index in [4.69, 9.17) is 4.52 Å². The van der Waals surface area contributed by atoms with E-state index in [9.17, 15) is 18.3 Å². The average molecular weight is 343 g/mol. The van der Waals surface area contributed by atoms with Crippen LogP contribution in [0.15, 0.2) is 9.42 Å². The number of sulfonamides is 1. The smallest absolute Gasteiger partial charge is 0.312 e. The Kier molecular flexibility index (Phi) is 3.77. The van der Waals surface area contributed by atoms with Crippen molar-refractivity contribution < 1.29 is 22.8 Å². The maximum Gasteiger partial charge on any atom is 0.312 e. The molecule has 9 heteroatoms. The summed E-state index contributed by atoms with van der Waals surface area (Å²) in [6, 6.07) is 0. The predicted octanol–water partition coefficient (Wildman–Crippen LogP) is 0.318. The normalized spacial score (nSPS) is 29.6. The molecule has 128 valence electrons. The van der Waals surface area contributed by atoms with Gasteiger partial charge in [0.25, 0.3) is 0 Å². The molecule has 2 aliphatic rings. The number of piperidine rings is 1. The molecule has 2 saturated heterocycles. The van der Waals surface area contributed by atoms with Gasteiger partial charge in [-0.05, 0) is 39.8 Å². The van der Waals surface area contributed by atoms with E-state index < -0.39 is 21.4 Å². The van der Waals surface area contributed by atoms with Crippen molar-refractivity contribution in [2.75, 3.05) is 33.2 Å². The van der Waals surface area contributed by atoms with Gasteiger partial charge in [0.1, 0.15) is 10.6 Å². The van der Waals surface area contributed by atoms with Crippen LogP contribution >= 0.6 is 0 Å². The quantitative estimate of drug-likeness (QED) is 0.842. The summed E-state index contributed by atoms with van der Waals surface area (Å²) < 4.78 is 32.2. The highest BCUT2D eigenvalue weighted by Gasteiger charge is 2.57. The minimum atomic E-state index is -3.81. The monoisotopic (exact) mass is 343 g/mol. The minimum Gasteiger partial charge on any atom is -0.481 e. The van der Waals surface area contributed by atoms with Crippen LogP contribution in [0.1, 0.15) is 17.9 Å². The van der Waals surface area contributed by atoms with Gasteiger partial charge in [0, 0.05) is 19.6 Å². The average Bonchev–Trinajstić information content (AvgIpc) is 3.00. The van der Waals surface area contributed by atoms with Gasteiger partial charge in [0.15, 0.2) is 5.76 Å². The zero-order valence-electron chi connectivity index (χ0n) is 13.4. The number of aromatic nitrogens is 1. The fraction of sp³-hybridized carbons (Fsp3) is 0.714. The Morgan fingerprint density at radius 3 is 2.65 bits per heavy atom. The first-order chi connectivity index (χ1) is 10.7. The lowest BCUT2D eigenvalue weighted by Gasteiger charge is -2.39. The minimum absolute atomic E-state index is 0.0102. The topological polar surface area (TPSA) is 104 Å². The molecule has 0 aromatic carbocycles. The zero-order chi connectivity index (χ0) is 17.0. The maximum atomic E-state index is 12.9. The van der Waals surface area contributed by atoms with Crippen LogP contribution < -0.4 is 0 Å². The second-order valence-corrected chi connectivity index (χ2v) is 8.51. The summed E-state index contributed by atoms with van der Waals surface area (Å²) in [6.45, 7) is 4.49. The fourth-order valence-corrected chi connectivity index (χ4v) is 5.72. The summed E-state index contributed by atoms with van der Waals surface area (Å²) >= 11 is 0. The van der Waals surface area contributed by atoms with Crippen LogP contribution in [0, 0.1) is 25.2 Å². The van der Waals surface area contributed by atoms with E-state index in [0.29, 0.717) is 18.7 Å². The van der Waals surface area contributed by atoms with Crippen molar-refractivity contribution in [1.82, 2.24) is 14.4 Å². The largest absolute Gasteiger partial charge is 0.481 e. The zero-order valence-corrected chi connectivity index (χ0v) is 14.3. The summed E-state index contributed by atoms with van der Waals surface area (Å²) in [4.78, 5) is 13.9. The molecule has 1 N–H and O–H groups in total. The second kappa shape index (κ2) is 5.29. The Morgan fingerprint density at radius 1 is 1.39 bits per heavy atom. The van der Waals surface area contributed by atoms with E-state index in [-0.39, 0.29) is 29.7 Å². The van der Waals surface area contributed by atoms with E-state index in [1.165, 1.54) is 4.31 Å². The molecule has 0 amide bonds. The standard InChI is InChI=1S/C14H21N3O5S/c1-9-12(10(2)22-15-9)23(20,21)17-6-11-4-5-16(3)7-14(11,8-17)13(18)19/h11H,4-8H2,1-3H3,(H,18,19)/t11?,14-/m0/s1. The van der Waals surface area contributed by atoms with Gasteiger partial charge >= 0.3 is 5.97 Å². The highest BCUT2D eigenvalue weighted by Crippen LogP contribution is 2.44. The van der Waals surface area contributed by atoms with Gasteiger partial charge in [-0.1, -0.05) is 5.16 Å². The van der Waals surface area contributed by atoms with Crippen LogP contribution in [0.5, 0.6) is 0 Å². The predicted molar refractivity (Wildman–Crippen MR) is 80.4 cm³/mol. The van der Waals surface area contributed by atoms with Gasteiger partial charge in [-0.3, -0.25) is 4.79 Å². The summed E-state index contributed by atoms with van der Waals surface area (Å²) in [7, 11) is -1.94. The van der Waals surface area contributed by atoms with Crippen molar-refractivity contribution >= 4 is 16.0 Å². The Balaban J connectivity index is 1.99. The SMILES string of the molecule is Cc1noc(C)c1S(=O)(=O)N1CC2CCN(C)C[C@]2(C(=O)O)C1. The van der Waals surface area contributed by atoms with Gasteiger partial charge in [-0.2, -0.15) is 4.31 Å². The number of aliphatic carboxylic acids is 1. The molecule has 0 saturated carbocycles. The number of likely N-dealkylation sites (tertiary alicyclic amines) is 1. The number of rotatable bonds is 3. The maximum absolute atomic E-state index is 12.9. The second-order valence-electron chi connectivity index (χ2n) is 6.64. The van der Waals surface area contributed by atoms with E-state index in [1.54, 1.807) is 13.8 Å².